The second-order valence-electron chi connectivity index (χ2n) is 6.82. The first kappa shape index (κ1) is 19.9. The highest BCUT2D eigenvalue weighted by Crippen LogP contribution is 2.23. The lowest BCUT2D eigenvalue weighted by Crippen LogP contribution is -2.51. The molecule has 0 bridgehead atoms. The quantitative estimate of drug-likeness (QED) is 0.793. The molecule has 1 saturated heterocycles. The van der Waals surface area contributed by atoms with Crippen molar-refractivity contribution in [1.82, 2.24) is 9.21 Å². The number of amides is 1. The Labute approximate surface area is 152 Å². The van der Waals surface area contributed by atoms with Crippen LogP contribution in [0, 0.1) is 5.82 Å². The summed E-state index contributed by atoms with van der Waals surface area (Å²) in [7, 11) is -3.74. The van der Waals surface area contributed by atoms with Crippen LogP contribution in [0.15, 0.2) is 18.2 Å². The summed E-state index contributed by atoms with van der Waals surface area (Å²) < 4.78 is 45.4. The average molecular weight is 393 g/mol. The molecule has 0 radical (unpaired) electrons. The van der Waals surface area contributed by atoms with E-state index in [4.69, 9.17) is 16.3 Å². The van der Waals surface area contributed by atoms with Crippen LogP contribution in [0.4, 0.5) is 9.18 Å². The van der Waals surface area contributed by atoms with Gasteiger partial charge in [0.25, 0.3) is 0 Å². The van der Waals surface area contributed by atoms with E-state index in [1.54, 1.807) is 20.8 Å². The second kappa shape index (κ2) is 7.47. The molecule has 0 aromatic heterocycles. The Morgan fingerprint density at radius 3 is 2.36 bits per heavy atom. The lowest BCUT2D eigenvalue weighted by molar-refractivity contribution is 0.0192. The zero-order valence-corrected chi connectivity index (χ0v) is 16.0. The number of nitrogens with zero attached hydrogens (tertiary/aromatic N) is 2. The normalized spacial score (nSPS) is 16.8. The van der Waals surface area contributed by atoms with Gasteiger partial charge in [-0.15, -0.1) is 0 Å². The molecule has 1 aliphatic heterocycles. The molecule has 1 aromatic carbocycles. The Morgan fingerprint density at radius 2 is 1.84 bits per heavy atom. The Hall–Kier alpha value is -1.38. The number of carbonyl (C=O) groups is 1. The Bertz CT molecular complexity index is 721. The standard InChI is InChI=1S/C16H22ClFN2O4S/c1-16(2,3)24-15(21)19-7-9-20(10-8-19)25(22,23)11-12-13(17)5-4-6-14(12)18/h4-6H,7-11H2,1-3H3. The molecule has 2 rings (SSSR count). The highest BCUT2D eigenvalue weighted by molar-refractivity contribution is 7.88. The lowest BCUT2D eigenvalue weighted by Gasteiger charge is -2.35. The molecule has 1 amide bonds. The summed E-state index contributed by atoms with van der Waals surface area (Å²) >= 11 is 5.91. The molecule has 25 heavy (non-hydrogen) atoms. The van der Waals surface area contributed by atoms with Gasteiger partial charge in [-0.05, 0) is 32.9 Å². The molecule has 0 atom stereocenters. The van der Waals surface area contributed by atoms with E-state index in [-0.39, 0.29) is 36.8 Å². The lowest BCUT2D eigenvalue weighted by atomic mass is 10.2. The van der Waals surface area contributed by atoms with Gasteiger partial charge in [0, 0.05) is 36.8 Å². The van der Waals surface area contributed by atoms with Crippen molar-refractivity contribution >= 4 is 27.7 Å². The SMILES string of the molecule is CC(C)(C)OC(=O)N1CCN(S(=O)(=O)Cc2c(F)cccc2Cl)CC1. The van der Waals surface area contributed by atoms with Gasteiger partial charge in [-0.25, -0.2) is 17.6 Å². The van der Waals surface area contributed by atoms with E-state index in [2.05, 4.69) is 0 Å². The fraction of sp³-hybridized carbons (Fsp3) is 0.562. The molecule has 1 fully saturated rings. The van der Waals surface area contributed by atoms with E-state index in [9.17, 15) is 17.6 Å². The van der Waals surface area contributed by atoms with Crippen molar-refractivity contribution in [2.24, 2.45) is 0 Å². The third-order valence-electron chi connectivity index (χ3n) is 3.67. The Balaban J connectivity index is 2.01. The van der Waals surface area contributed by atoms with E-state index in [1.807, 2.05) is 0 Å². The highest BCUT2D eigenvalue weighted by atomic mass is 35.5. The molecule has 6 nitrogen and oxygen atoms in total. The fourth-order valence-corrected chi connectivity index (χ4v) is 4.29. The zero-order valence-electron chi connectivity index (χ0n) is 14.5. The van der Waals surface area contributed by atoms with E-state index in [1.165, 1.54) is 27.4 Å². The molecule has 1 aliphatic rings. The number of halogens is 2. The summed E-state index contributed by atoms with van der Waals surface area (Å²) in [4.78, 5) is 13.5. The minimum Gasteiger partial charge on any atom is -0.444 e. The van der Waals surface area contributed by atoms with Gasteiger partial charge in [-0.1, -0.05) is 17.7 Å². The van der Waals surface area contributed by atoms with Crippen molar-refractivity contribution < 1.29 is 22.3 Å². The van der Waals surface area contributed by atoms with Crippen LogP contribution in [0.2, 0.25) is 5.02 Å². The van der Waals surface area contributed by atoms with Gasteiger partial charge in [0.2, 0.25) is 10.0 Å². The summed E-state index contributed by atoms with van der Waals surface area (Å²) in [5.41, 5.74) is -0.652. The molecule has 1 heterocycles. The maximum atomic E-state index is 13.8. The molecule has 1 aromatic rings. The van der Waals surface area contributed by atoms with Crippen molar-refractivity contribution in [3.8, 4) is 0 Å². The fourth-order valence-electron chi connectivity index (χ4n) is 2.42. The highest BCUT2D eigenvalue weighted by Gasteiger charge is 2.31. The summed E-state index contributed by atoms with van der Waals surface area (Å²) in [6, 6.07) is 4.06. The van der Waals surface area contributed by atoms with Crippen molar-refractivity contribution in [2.45, 2.75) is 32.1 Å². The topological polar surface area (TPSA) is 66.9 Å². The first-order valence-corrected chi connectivity index (χ1v) is 9.87. The van der Waals surface area contributed by atoms with E-state index >= 15 is 0 Å². The first-order chi connectivity index (χ1) is 11.5. The van der Waals surface area contributed by atoms with Gasteiger partial charge in [-0.2, -0.15) is 4.31 Å². The first-order valence-electron chi connectivity index (χ1n) is 7.88. The number of piperazine rings is 1. The van der Waals surface area contributed by atoms with Crippen molar-refractivity contribution in [1.29, 1.82) is 0 Å². The van der Waals surface area contributed by atoms with Gasteiger partial charge in [0.1, 0.15) is 11.4 Å². The smallest absolute Gasteiger partial charge is 0.410 e. The van der Waals surface area contributed by atoms with Crippen molar-refractivity contribution in [3.05, 3.63) is 34.6 Å². The predicted molar refractivity (Wildman–Crippen MR) is 93.4 cm³/mol. The van der Waals surface area contributed by atoms with Crippen LogP contribution in [-0.4, -0.2) is 55.5 Å². The summed E-state index contributed by atoms with van der Waals surface area (Å²) in [5, 5.41) is 0.0796. The average Bonchev–Trinajstić information content (AvgIpc) is 2.49. The monoisotopic (exact) mass is 392 g/mol. The number of benzene rings is 1. The number of hydrogen-bond acceptors (Lipinski definition) is 4. The Morgan fingerprint density at radius 1 is 1.24 bits per heavy atom. The molecular formula is C16H22ClFN2O4S. The van der Waals surface area contributed by atoms with Gasteiger partial charge < -0.3 is 9.64 Å². The molecule has 0 saturated carbocycles. The number of hydrogen-bond donors (Lipinski definition) is 0. The maximum absolute atomic E-state index is 13.8. The number of sulfonamides is 1. The molecule has 0 aliphatic carbocycles. The number of rotatable bonds is 3. The summed E-state index contributed by atoms with van der Waals surface area (Å²) in [5.74, 6) is -1.16. The van der Waals surface area contributed by atoms with E-state index in [0.29, 0.717) is 0 Å². The third-order valence-corrected chi connectivity index (χ3v) is 5.83. The molecule has 9 heteroatoms. The maximum Gasteiger partial charge on any atom is 0.410 e. The van der Waals surface area contributed by atoms with Gasteiger partial charge in [-0.3, -0.25) is 0 Å². The van der Waals surface area contributed by atoms with Crippen LogP contribution < -0.4 is 0 Å². The summed E-state index contributed by atoms with van der Waals surface area (Å²) in [6.07, 6.45) is -0.471. The van der Waals surface area contributed by atoms with Gasteiger partial charge in [0.05, 0.1) is 5.75 Å². The predicted octanol–water partition coefficient (Wildman–Crippen LogP) is 2.86. The molecule has 0 unspecified atom stereocenters. The molecule has 0 N–H and O–H groups in total. The van der Waals surface area contributed by atoms with Crippen LogP contribution in [-0.2, 0) is 20.5 Å². The van der Waals surface area contributed by atoms with E-state index in [0.717, 1.165) is 0 Å². The van der Waals surface area contributed by atoms with Gasteiger partial charge in [0.15, 0.2) is 0 Å². The van der Waals surface area contributed by atoms with Crippen LogP contribution in [0.3, 0.4) is 0 Å². The van der Waals surface area contributed by atoms with Gasteiger partial charge >= 0.3 is 6.09 Å². The summed E-state index contributed by atoms with van der Waals surface area (Å²) in [6.45, 7) is 6.01. The van der Waals surface area contributed by atoms with Crippen LogP contribution in [0.1, 0.15) is 26.3 Å². The number of carbonyl (C=O) groups excluding carboxylic acids is 1. The third kappa shape index (κ3) is 5.29. The van der Waals surface area contributed by atoms with Crippen LogP contribution in [0.5, 0.6) is 0 Å². The van der Waals surface area contributed by atoms with E-state index < -0.39 is 33.3 Å². The Kier molecular flexibility index (Phi) is 5.96. The van der Waals surface area contributed by atoms with Crippen molar-refractivity contribution in [3.63, 3.8) is 0 Å². The second-order valence-corrected chi connectivity index (χ2v) is 9.20. The van der Waals surface area contributed by atoms with Crippen LogP contribution in [0.25, 0.3) is 0 Å². The molecule has 140 valence electrons. The number of ether oxygens (including phenoxy) is 1. The van der Waals surface area contributed by atoms with Crippen LogP contribution >= 0.6 is 11.6 Å². The zero-order chi connectivity index (χ0) is 18.8. The minimum absolute atomic E-state index is 0.0428. The molecule has 0 spiro atoms. The molecular weight excluding hydrogens is 371 g/mol. The van der Waals surface area contributed by atoms with Crippen molar-refractivity contribution in [2.75, 3.05) is 26.2 Å². The largest absolute Gasteiger partial charge is 0.444 e. The minimum atomic E-state index is -3.74.